The zero-order valence-electron chi connectivity index (χ0n) is 11.5. The van der Waals surface area contributed by atoms with Crippen LogP contribution in [0.3, 0.4) is 0 Å². The van der Waals surface area contributed by atoms with Gasteiger partial charge in [-0.3, -0.25) is 4.55 Å². The number of unbranched alkanes of at least 4 members (excludes halogenated alkanes) is 1. The first-order valence-corrected chi connectivity index (χ1v) is 7.24. The number of hydrogen-bond donors (Lipinski definition) is 1. The van der Waals surface area contributed by atoms with Crippen molar-refractivity contribution < 1.29 is 36.2 Å². The summed E-state index contributed by atoms with van der Waals surface area (Å²) in [5.74, 6) is -0.515. The summed E-state index contributed by atoms with van der Waals surface area (Å²) in [6.07, 6.45) is -4.58. The quantitative estimate of drug-likeness (QED) is 0.633. The number of rotatable bonds is 6. The molecule has 1 atom stereocenters. The van der Waals surface area contributed by atoms with Crippen molar-refractivity contribution in [2.45, 2.75) is 26.1 Å². The Morgan fingerprint density at radius 1 is 1.32 bits per heavy atom. The average Bonchev–Trinajstić information content (AvgIpc) is 2.39. The van der Waals surface area contributed by atoms with Crippen molar-refractivity contribution in [3.05, 3.63) is 24.3 Å². The van der Waals surface area contributed by atoms with E-state index in [1.807, 2.05) is 6.92 Å². The SMILES string of the molecule is CCCCOC(=O)N(c1ccc(OC(F)(F)F)cc1)S(=O)O. The van der Waals surface area contributed by atoms with E-state index in [1.54, 1.807) is 0 Å². The van der Waals surface area contributed by atoms with Crippen LogP contribution in [0, 0.1) is 0 Å². The Bertz CT molecular complexity index is 520. The molecule has 0 aliphatic heterocycles. The normalized spacial score (nSPS) is 12.6. The second-order valence-electron chi connectivity index (χ2n) is 4.03. The third kappa shape index (κ3) is 5.90. The molecule has 0 bridgehead atoms. The first-order valence-electron chi connectivity index (χ1n) is 6.18. The van der Waals surface area contributed by atoms with Crippen molar-refractivity contribution >= 4 is 23.0 Å². The number of halogens is 3. The van der Waals surface area contributed by atoms with Gasteiger partial charge in [-0.25, -0.2) is 9.00 Å². The van der Waals surface area contributed by atoms with Crippen LogP contribution in [0.4, 0.5) is 23.7 Å². The monoisotopic (exact) mass is 341 g/mol. The van der Waals surface area contributed by atoms with Crippen LogP contribution < -0.4 is 9.04 Å². The molecule has 0 heterocycles. The fourth-order valence-electron chi connectivity index (χ4n) is 1.40. The highest BCUT2D eigenvalue weighted by Crippen LogP contribution is 2.26. The maximum absolute atomic E-state index is 12.0. The van der Waals surface area contributed by atoms with E-state index in [0.29, 0.717) is 10.7 Å². The summed E-state index contributed by atoms with van der Waals surface area (Å²) in [6, 6.07) is 3.91. The number of benzene rings is 1. The Hall–Kier alpha value is -1.81. The maximum Gasteiger partial charge on any atom is 0.573 e. The van der Waals surface area contributed by atoms with E-state index in [2.05, 4.69) is 4.74 Å². The van der Waals surface area contributed by atoms with E-state index < -0.39 is 29.5 Å². The second-order valence-corrected chi connectivity index (χ2v) is 4.86. The van der Waals surface area contributed by atoms with Crippen LogP contribution in [0.15, 0.2) is 24.3 Å². The third-order valence-electron chi connectivity index (χ3n) is 2.35. The van der Waals surface area contributed by atoms with E-state index >= 15 is 0 Å². The molecule has 1 unspecified atom stereocenters. The highest BCUT2D eigenvalue weighted by atomic mass is 32.2. The number of alkyl halides is 3. The van der Waals surface area contributed by atoms with Crippen LogP contribution in [-0.2, 0) is 16.0 Å². The molecular formula is C12H14F3NO5S. The fourth-order valence-corrected chi connectivity index (χ4v) is 1.89. The zero-order chi connectivity index (χ0) is 16.8. The van der Waals surface area contributed by atoms with Gasteiger partial charge < -0.3 is 9.47 Å². The molecule has 0 aromatic heterocycles. The van der Waals surface area contributed by atoms with Gasteiger partial charge in [-0.05, 0) is 30.7 Å². The van der Waals surface area contributed by atoms with Gasteiger partial charge >= 0.3 is 12.5 Å². The van der Waals surface area contributed by atoms with Crippen LogP contribution >= 0.6 is 0 Å². The summed E-state index contributed by atoms with van der Waals surface area (Å²) in [7, 11) is 0. The molecule has 0 saturated carbocycles. The second kappa shape index (κ2) is 7.99. The van der Waals surface area contributed by atoms with E-state index in [1.165, 1.54) is 0 Å². The van der Waals surface area contributed by atoms with E-state index in [4.69, 9.17) is 9.29 Å². The molecule has 1 rings (SSSR count). The Kier molecular flexibility index (Phi) is 6.62. The van der Waals surface area contributed by atoms with Crippen LogP contribution in [0.2, 0.25) is 0 Å². The van der Waals surface area contributed by atoms with Gasteiger partial charge in [0.2, 0.25) is 0 Å². The topological polar surface area (TPSA) is 76.1 Å². The van der Waals surface area contributed by atoms with Crippen molar-refractivity contribution in [1.29, 1.82) is 0 Å². The summed E-state index contributed by atoms with van der Waals surface area (Å²) >= 11 is -2.72. The smallest absolute Gasteiger partial charge is 0.448 e. The molecule has 10 heteroatoms. The minimum atomic E-state index is -4.85. The number of hydrogen-bond acceptors (Lipinski definition) is 4. The summed E-state index contributed by atoms with van der Waals surface area (Å²) < 4.78 is 65.3. The Morgan fingerprint density at radius 2 is 1.91 bits per heavy atom. The molecule has 6 nitrogen and oxygen atoms in total. The average molecular weight is 341 g/mol. The van der Waals surface area contributed by atoms with Crippen molar-refractivity contribution in [3.63, 3.8) is 0 Å². The Morgan fingerprint density at radius 3 is 2.36 bits per heavy atom. The minimum absolute atomic E-state index is 0.0678. The molecule has 1 aromatic rings. The highest BCUT2D eigenvalue weighted by molar-refractivity contribution is 7.81. The van der Waals surface area contributed by atoms with Gasteiger partial charge in [0.05, 0.1) is 12.3 Å². The predicted molar refractivity (Wildman–Crippen MR) is 72.6 cm³/mol. The molecule has 1 amide bonds. The molecular weight excluding hydrogens is 327 g/mol. The van der Waals surface area contributed by atoms with Crippen LogP contribution in [0.5, 0.6) is 5.75 Å². The number of anilines is 1. The van der Waals surface area contributed by atoms with Gasteiger partial charge in [0.15, 0.2) is 0 Å². The molecule has 22 heavy (non-hydrogen) atoms. The molecule has 0 saturated heterocycles. The van der Waals surface area contributed by atoms with Gasteiger partial charge in [0.25, 0.3) is 11.3 Å². The van der Waals surface area contributed by atoms with Gasteiger partial charge in [-0.2, -0.15) is 4.31 Å². The highest BCUT2D eigenvalue weighted by Gasteiger charge is 2.31. The number of nitrogens with zero attached hydrogens (tertiary/aromatic N) is 1. The predicted octanol–water partition coefficient (Wildman–Crippen LogP) is 3.47. The summed E-state index contributed by atoms with van der Waals surface area (Å²) in [5.41, 5.74) is -0.100. The van der Waals surface area contributed by atoms with Gasteiger partial charge in [-0.1, -0.05) is 13.3 Å². The third-order valence-corrected chi connectivity index (χ3v) is 3.02. The molecule has 0 aliphatic carbocycles. The van der Waals surface area contributed by atoms with Crippen LogP contribution in [-0.4, -0.2) is 27.8 Å². The molecule has 1 aromatic carbocycles. The lowest BCUT2D eigenvalue weighted by Crippen LogP contribution is -2.33. The molecule has 0 aliphatic rings. The van der Waals surface area contributed by atoms with Crippen molar-refractivity contribution in [2.75, 3.05) is 10.9 Å². The van der Waals surface area contributed by atoms with Gasteiger partial charge in [0.1, 0.15) is 5.75 Å². The molecule has 0 radical (unpaired) electrons. The standard InChI is InChI=1S/C12H14F3NO5S/c1-2-3-8-20-11(17)16(22(18)19)9-4-6-10(7-5-9)21-12(13,14)15/h4-7H,2-3,8H2,1H3,(H,18,19). The molecule has 124 valence electrons. The largest absolute Gasteiger partial charge is 0.573 e. The molecule has 1 N–H and O–H groups in total. The van der Waals surface area contributed by atoms with Crippen LogP contribution in [0.25, 0.3) is 0 Å². The number of ether oxygens (including phenoxy) is 2. The number of amides is 1. The summed E-state index contributed by atoms with van der Waals surface area (Å²) in [4.78, 5) is 11.7. The fraction of sp³-hybridized carbons (Fsp3) is 0.417. The number of carbonyl (C=O) groups is 1. The molecule has 0 fully saturated rings. The van der Waals surface area contributed by atoms with Crippen molar-refractivity contribution in [2.24, 2.45) is 0 Å². The summed E-state index contributed by atoms with van der Waals surface area (Å²) in [5, 5.41) is 0. The van der Waals surface area contributed by atoms with E-state index in [9.17, 15) is 22.2 Å². The van der Waals surface area contributed by atoms with Crippen molar-refractivity contribution in [3.8, 4) is 5.75 Å². The molecule has 0 spiro atoms. The van der Waals surface area contributed by atoms with Crippen molar-refractivity contribution in [1.82, 2.24) is 0 Å². The first-order chi connectivity index (χ1) is 10.2. The van der Waals surface area contributed by atoms with Crippen LogP contribution in [0.1, 0.15) is 19.8 Å². The zero-order valence-corrected chi connectivity index (χ0v) is 12.3. The lowest BCUT2D eigenvalue weighted by atomic mass is 10.3. The maximum atomic E-state index is 12.0. The van der Waals surface area contributed by atoms with Gasteiger partial charge in [0, 0.05) is 0 Å². The lowest BCUT2D eigenvalue weighted by molar-refractivity contribution is -0.274. The Balaban J connectivity index is 2.84. The van der Waals surface area contributed by atoms with Gasteiger partial charge in [-0.15, -0.1) is 13.2 Å². The van der Waals surface area contributed by atoms with E-state index in [-0.39, 0.29) is 12.3 Å². The van der Waals surface area contributed by atoms with E-state index in [0.717, 1.165) is 30.7 Å². The summed E-state index contributed by atoms with van der Waals surface area (Å²) in [6.45, 7) is 1.94. The first kappa shape index (κ1) is 18.2. The number of carbonyl (C=O) groups excluding carboxylic acids is 1. The Labute approximate surface area is 127 Å². The lowest BCUT2D eigenvalue weighted by Gasteiger charge is -2.18. The minimum Gasteiger partial charge on any atom is -0.448 e.